The summed E-state index contributed by atoms with van der Waals surface area (Å²) < 4.78 is 12.1. The van der Waals surface area contributed by atoms with Crippen molar-refractivity contribution in [3.05, 3.63) is 98.2 Å². The second kappa shape index (κ2) is 25.0. The minimum atomic E-state index is -0.468. The number of carbonyl (C=O) groups excluding carboxylic acids is 2. The third-order valence-corrected chi connectivity index (χ3v) is 11.8. The highest BCUT2D eigenvalue weighted by molar-refractivity contribution is 6.33. The van der Waals surface area contributed by atoms with E-state index in [0.717, 1.165) is 30.5 Å². The Hall–Kier alpha value is -3.47. The lowest BCUT2D eigenvalue weighted by molar-refractivity contribution is -0.163. The molecule has 6 rings (SSSR count). The van der Waals surface area contributed by atoms with Crippen molar-refractivity contribution in [2.75, 3.05) is 31.5 Å². The van der Waals surface area contributed by atoms with Gasteiger partial charge in [0.2, 0.25) is 32.4 Å². The van der Waals surface area contributed by atoms with Crippen LogP contribution >= 0.6 is 58.0 Å². The van der Waals surface area contributed by atoms with Crippen molar-refractivity contribution < 1.29 is 19.1 Å². The number of nitrogens with two attached hydrogens (primary N) is 1. The Kier molecular flexibility index (Phi) is 20.6. The van der Waals surface area contributed by atoms with Crippen molar-refractivity contribution in [1.29, 1.82) is 0 Å². The average Bonchev–Trinajstić information content (AvgIpc) is 3.22. The monoisotopic (exact) mass is 938 g/mol. The first kappa shape index (κ1) is 50.2. The smallest absolute Gasteiger partial charge is 0.252 e. The van der Waals surface area contributed by atoms with Crippen molar-refractivity contribution in [3.8, 4) is 0 Å². The second-order valence-corrected chi connectivity index (χ2v) is 16.7. The Morgan fingerprint density at radius 2 is 0.934 bits per heavy atom. The molecule has 4 heterocycles. The van der Waals surface area contributed by atoms with Gasteiger partial charge in [0.25, 0.3) is 11.8 Å². The predicted molar refractivity (Wildman–Crippen MR) is 241 cm³/mol. The van der Waals surface area contributed by atoms with Crippen LogP contribution in [0.25, 0.3) is 0 Å². The average molecular weight is 941 g/mol. The molecule has 14 nitrogen and oxygen atoms in total. The summed E-state index contributed by atoms with van der Waals surface area (Å²) >= 11 is 27.7. The minimum Gasteiger partial charge on any atom is -0.363 e. The van der Waals surface area contributed by atoms with E-state index in [9.17, 15) is 9.59 Å². The molecule has 61 heavy (non-hydrogen) atoms. The molecule has 19 heteroatoms. The number of amides is 2. The van der Waals surface area contributed by atoms with Gasteiger partial charge in [-0.3, -0.25) is 9.59 Å². The highest BCUT2D eigenvalue weighted by Gasteiger charge is 2.46. The molecular weight excluding hydrogens is 886 g/mol. The summed E-state index contributed by atoms with van der Waals surface area (Å²) in [5.74, 6) is 1.21. The van der Waals surface area contributed by atoms with Crippen LogP contribution in [0.2, 0.25) is 26.4 Å². The zero-order valence-electron chi connectivity index (χ0n) is 35.2. The third-order valence-electron chi connectivity index (χ3n) is 11.0. The summed E-state index contributed by atoms with van der Waals surface area (Å²) in [6, 6.07) is 20.0. The Morgan fingerprint density at radius 1 is 0.574 bits per heavy atom. The fourth-order valence-corrected chi connectivity index (χ4v) is 8.44. The van der Waals surface area contributed by atoms with Gasteiger partial charge in [0.1, 0.15) is 12.2 Å². The lowest BCUT2D eigenvalue weighted by Crippen LogP contribution is -2.60. The predicted octanol–water partition coefficient (Wildman–Crippen LogP) is 8.32. The molecule has 8 unspecified atom stereocenters. The van der Waals surface area contributed by atoms with Crippen LogP contribution in [0.15, 0.2) is 60.7 Å². The number of hydrogen-bond acceptors (Lipinski definition) is 12. The van der Waals surface area contributed by atoms with Gasteiger partial charge < -0.3 is 30.3 Å². The maximum Gasteiger partial charge on any atom is 0.252 e. The fourth-order valence-electron chi connectivity index (χ4n) is 7.47. The number of piperidine rings is 2. The largest absolute Gasteiger partial charge is 0.363 e. The molecule has 0 spiro atoms. The van der Waals surface area contributed by atoms with E-state index in [1.165, 1.54) is 0 Å². The van der Waals surface area contributed by atoms with Crippen LogP contribution < -0.4 is 11.1 Å². The van der Waals surface area contributed by atoms with Gasteiger partial charge in [-0.25, -0.2) is 0 Å². The number of nitrogens with zero attached hydrogens (tertiary/aromatic N) is 8. The van der Waals surface area contributed by atoms with Gasteiger partial charge in [-0.1, -0.05) is 102 Å². The maximum absolute atomic E-state index is 13.3. The number of rotatable bonds is 14. The molecular formula is C42H55Cl5N10O4. The quantitative estimate of drug-likeness (QED) is 0.124. The highest BCUT2D eigenvalue weighted by Crippen LogP contribution is 2.34. The Labute approximate surface area is 383 Å². The molecule has 2 amide bonds. The van der Waals surface area contributed by atoms with Crippen LogP contribution in [-0.4, -0.2) is 102 Å². The molecule has 2 saturated heterocycles. The van der Waals surface area contributed by atoms with Crippen molar-refractivity contribution in [3.63, 3.8) is 0 Å². The Balaban J connectivity index is 0.000000230. The van der Waals surface area contributed by atoms with Gasteiger partial charge in [0, 0.05) is 32.2 Å². The van der Waals surface area contributed by atoms with E-state index in [-0.39, 0.29) is 74.2 Å². The van der Waals surface area contributed by atoms with Crippen LogP contribution in [0.3, 0.4) is 0 Å². The zero-order chi connectivity index (χ0) is 44.6. The highest BCUT2D eigenvalue weighted by atomic mass is 35.5. The van der Waals surface area contributed by atoms with Gasteiger partial charge in [0.05, 0.1) is 19.3 Å². The molecule has 2 fully saturated rings. The van der Waals surface area contributed by atoms with Crippen LogP contribution in [0.4, 0.5) is 5.95 Å². The number of aromatic nitrogens is 6. The third kappa shape index (κ3) is 14.5. The van der Waals surface area contributed by atoms with Crippen molar-refractivity contribution in [1.82, 2.24) is 39.7 Å². The Bertz CT molecular complexity index is 1910. The number of likely N-dealkylation sites (tertiary alicyclic amines) is 2. The summed E-state index contributed by atoms with van der Waals surface area (Å²) in [4.78, 5) is 52.2. The molecule has 2 aliphatic rings. The summed E-state index contributed by atoms with van der Waals surface area (Å²) in [6.45, 7) is 16.0. The topological polar surface area (TPSA) is 174 Å². The first-order chi connectivity index (χ1) is 29.2. The van der Waals surface area contributed by atoms with E-state index >= 15 is 0 Å². The van der Waals surface area contributed by atoms with Crippen LogP contribution in [0.5, 0.6) is 0 Å². The van der Waals surface area contributed by atoms with Gasteiger partial charge >= 0.3 is 0 Å². The van der Waals surface area contributed by atoms with Gasteiger partial charge in [-0.05, 0) is 106 Å². The number of ether oxygens (including phenoxy) is 2. The van der Waals surface area contributed by atoms with Gasteiger partial charge in [0.15, 0.2) is 0 Å². The van der Waals surface area contributed by atoms with Crippen LogP contribution in [0.1, 0.15) is 65.5 Å². The SMILES string of the molecule is CCCN1C(=O)C(OCc2ccccc2)C(C)C(C)C1CN.CCCN1C(=O)C(OCc2ccccc2)C(C)C(C)C1CNc1nc(Cl)nc(Cl)n1.Clc1nc(Cl)nc(Cl)n1. The Morgan fingerprint density at radius 3 is 1.31 bits per heavy atom. The lowest BCUT2D eigenvalue weighted by Gasteiger charge is -2.46. The van der Waals surface area contributed by atoms with Crippen LogP contribution in [0, 0.1) is 23.7 Å². The molecule has 0 radical (unpaired) electrons. The summed E-state index contributed by atoms with van der Waals surface area (Å²) in [6.07, 6.45) is 0.959. The second-order valence-electron chi connectivity index (χ2n) is 15.0. The van der Waals surface area contributed by atoms with Crippen molar-refractivity contribution in [2.24, 2.45) is 29.4 Å². The van der Waals surface area contributed by atoms with Crippen molar-refractivity contribution >= 4 is 75.8 Å². The molecule has 8 atom stereocenters. The standard InChI is InChI=1S/C21H27Cl2N5O2.C18H28N2O2.C3Cl3N3/c1-4-10-28-16(11-24-21-26-19(22)25-20(23)27-21)13(2)14(3)17(18(28)29)30-12-15-8-6-5-7-9-15;1-4-10-20-16(11-19)13(2)14(3)17(18(20)21)22-12-15-8-6-5-7-9-15;4-1-7-2(5)9-3(6)8-1/h5-9,13-14,16-17H,4,10-12H2,1-3H3,(H,24,25,26,27);5-9,13-14,16-17H,4,10-12,19H2,1-3H3;. The molecule has 0 bridgehead atoms. The summed E-state index contributed by atoms with van der Waals surface area (Å²) in [5.41, 5.74) is 8.07. The molecule has 332 valence electrons. The first-order valence-electron chi connectivity index (χ1n) is 20.3. The number of benzene rings is 2. The molecule has 2 aromatic carbocycles. The normalized spacial score (nSPS) is 23.7. The summed E-state index contributed by atoms with van der Waals surface area (Å²) in [7, 11) is 0. The van der Waals surface area contributed by atoms with Crippen molar-refractivity contribution in [2.45, 2.75) is 91.9 Å². The van der Waals surface area contributed by atoms with Crippen LogP contribution in [-0.2, 0) is 32.3 Å². The molecule has 4 aromatic rings. The minimum absolute atomic E-state index is 0.000000000000000444. The van der Waals surface area contributed by atoms with Gasteiger partial charge in [-0.15, -0.1) is 0 Å². The maximum atomic E-state index is 13.3. The number of nitrogens with one attached hydrogen (secondary N) is 1. The van der Waals surface area contributed by atoms with E-state index in [4.69, 9.17) is 73.2 Å². The lowest BCUT2D eigenvalue weighted by atomic mass is 9.79. The molecule has 0 aliphatic carbocycles. The van der Waals surface area contributed by atoms with E-state index in [1.807, 2.05) is 70.5 Å². The molecule has 2 aromatic heterocycles. The number of hydrogen-bond donors (Lipinski definition) is 2. The van der Waals surface area contributed by atoms with Gasteiger partial charge in [-0.2, -0.15) is 29.9 Å². The van der Waals surface area contributed by atoms with E-state index < -0.39 is 6.10 Å². The molecule has 0 saturated carbocycles. The van der Waals surface area contributed by atoms with E-state index in [2.05, 4.69) is 76.8 Å². The van der Waals surface area contributed by atoms with E-state index in [0.29, 0.717) is 44.7 Å². The first-order valence-corrected chi connectivity index (χ1v) is 22.2. The number of halogens is 5. The van der Waals surface area contributed by atoms with E-state index in [1.54, 1.807) is 0 Å². The molecule has 3 N–H and O–H groups in total. The fraction of sp³-hybridized carbons (Fsp3) is 0.524. The number of carbonyl (C=O) groups is 2. The zero-order valence-corrected chi connectivity index (χ0v) is 39.0. The number of anilines is 1. The summed E-state index contributed by atoms with van der Waals surface area (Å²) in [5, 5.41) is 3.22. The molecule has 2 aliphatic heterocycles.